The van der Waals surface area contributed by atoms with Crippen molar-refractivity contribution in [3.63, 3.8) is 0 Å². The molecule has 4 heteroatoms. The van der Waals surface area contributed by atoms with Crippen LogP contribution in [0.4, 0.5) is 0 Å². The highest BCUT2D eigenvalue weighted by Gasteiger charge is 2.43. The van der Waals surface area contributed by atoms with Crippen LogP contribution < -0.4 is 0 Å². The summed E-state index contributed by atoms with van der Waals surface area (Å²) >= 11 is 0. The van der Waals surface area contributed by atoms with E-state index in [1.165, 1.54) is 0 Å². The minimum Gasteiger partial charge on any atom is -0.299 e. The van der Waals surface area contributed by atoms with Gasteiger partial charge >= 0.3 is 0 Å². The lowest BCUT2D eigenvalue weighted by Crippen LogP contribution is -2.15. The number of ketones is 1. The molecule has 3 nitrogen and oxygen atoms in total. The molecule has 1 rings (SSSR count). The molecule has 82 valence electrons. The first-order valence-electron chi connectivity index (χ1n) is 5.13. The third-order valence-corrected chi connectivity index (χ3v) is 4.76. The molecule has 1 aliphatic rings. The Balaban J connectivity index is 2.25. The van der Waals surface area contributed by atoms with E-state index in [0.717, 1.165) is 12.8 Å². The molecule has 1 aliphatic carbocycles. The first-order chi connectivity index (χ1) is 6.40. The first kappa shape index (κ1) is 11.7. The quantitative estimate of drug-likeness (QED) is 0.680. The van der Waals surface area contributed by atoms with Gasteiger partial charge in [-0.3, -0.25) is 4.79 Å². The van der Waals surface area contributed by atoms with E-state index in [-0.39, 0.29) is 22.7 Å². The Morgan fingerprint density at radius 2 is 1.93 bits per heavy atom. The van der Waals surface area contributed by atoms with E-state index in [0.29, 0.717) is 12.8 Å². The van der Waals surface area contributed by atoms with E-state index in [2.05, 4.69) is 0 Å². The fraction of sp³-hybridized carbons (Fsp3) is 0.900. The van der Waals surface area contributed by atoms with Gasteiger partial charge in [0.25, 0.3) is 0 Å². The Morgan fingerprint density at radius 1 is 1.36 bits per heavy atom. The van der Waals surface area contributed by atoms with E-state index < -0.39 is 9.84 Å². The van der Waals surface area contributed by atoms with Crippen molar-refractivity contribution in [2.75, 3.05) is 11.5 Å². The van der Waals surface area contributed by atoms with Crippen LogP contribution in [0, 0.1) is 5.41 Å². The second-order valence-corrected chi connectivity index (χ2v) is 6.80. The van der Waals surface area contributed by atoms with Gasteiger partial charge in [0.05, 0.1) is 5.75 Å². The summed E-state index contributed by atoms with van der Waals surface area (Å²) in [5, 5.41) is 0. The molecule has 0 bridgehead atoms. The van der Waals surface area contributed by atoms with E-state index in [9.17, 15) is 13.2 Å². The fourth-order valence-electron chi connectivity index (χ4n) is 1.37. The summed E-state index contributed by atoms with van der Waals surface area (Å²) in [6, 6.07) is 0. The van der Waals surface area contributed by atoms with Crippen LogP contribution in [0.5, 0.6) is 0 Å². The summed E-state index contributed by atoms with van der Waals surface area (Å²) in [6.45, 7) is 3.60. The van der Waals surface area contributed by atoms with Gasteiger partial charge in [-0.2, -0.15) is 0 Å². The fourth-order valence-corrected chi connectivity index (χ4v) is 2.24. The van der Waals surface area contributed by atoms with Crippen molar-refractivity contribution in [1.29, 1.82) is 0 Å². The monoisotopic (exact) mass is 218 g/mol. The van der Waals surface area contributed by atoms with Crippen LogP contribution in [0.2, 0.25) is 0 Å². The lowest BCUT2D eigenvalue weighted by atomic mass is 10.0. The number of rotatable bonds is 6. The van der Waals surface area contributed by atoms with Gasteiger partial charge in [-0.1, -0.05) is 13.8 Å². The predicted octanol–water partition coefficient (Wildman–Crippen LogP) is 1.57. The smallest absolute Gasteiger partial charge is 0.150 e. The zero-order chi connectivity index (χ0) is 10.8. The summed E-state index contributed by atoms with van der Waals surface area (Å²) in [6.07, 6.45) is 2.87. The minimum absolute atomic E-state index is 0.101. The zero-order valence-electron chi connectivity index (χ0n) is 8.88. The van der Waals surface area contributed by atoms with Crippen LogP contribution in [-0.4, -0.2) is 25.7 Å². The predicted molar refractivity (Wildman–Crippen MR) is 55.9 cm³/mol. The normalized spacial score (nSPS) is 19.3. The van der Waals surface area contributed by atoms with Gasteiger partial charge in [0.2, 0.25) is 0 Å². The second kappa shape index (κ2) is 4.01. The average Bonchev–Trinajstić information content (AvgIpc) is 2.85. The maximum absolute atomic E-state index is 11.5. The molecule has 0 unspecified atom stereocenters. The Labute approximate surface area is 85.8 Å². The Morgan fingerprint density at radius 3 is 2.36 bits per heavy atom. The van der Waals surface area contributed by atoms with Crippen molar-refractivity contribution < 1.29 is 13.2 Å². The number of sulfone groups is 1. The Bertz CT molecular complexity index is 312. The molecule has 0 aliphatic heterocycles. The number of carbonyl (C=O) groups is 1. The molecule has 0 aromatic carbocycles. The van der Waals surface area contributed by atoms with E-state index in [4.69, 9.17) is 0 Å². The molecule has 0 spiro atoms. The maximum Gasteiger partial charge on any atom is 0.150 e. The van der Waals surface area contributed by atoms with Crippen molar-refractivity contribution in [1.82, 2.24) is 0 Å². The second-order valence-electron chi connectivity index (χ2n) is 4.32. The molecular weight excluding hydrogens is 200 g/mol. The SMILES string of the molecule is CCS(=O)(=O)CCCC(=O)C1(C)CC1. The van der Waals surface area contributed by atoms with Gasteiger partial charge in [-0.05, 0) is 19.3 Å². The summed E-state index contributed by atoms with van der Waals surface area (Å²) < 4.78 is 22.3. The van der Waals surface area contributed by atoms with Crippen LogP contribution >= 0.6 is 0 Å². The van der Waals surface area contributed by atoms with Crippen molar-refractivity contribution in [3.8, 4) is 0 Å². The molecule has 0 aromatic heterocycles. The highest BCUT2D eigenvalue weighted by Crippen LogP contribution is 2.46. The van der Waals surface area contributed by atoms with Gasteiger partial charge in [-0.25, -0.2) is 8.42 Å². The third-order valence-electron chi connectivity index (χ3n) is 2.97. The van der Waals surface area contributed by atoms with Gasteiger partial charge in [0.15, 0.2) is 0 Å². The minimum atomic E-state index is -2.89. The number of carbonyl (C=O) groups excluding carboxylic acids is 1. The number of Topliss-reactive ketones (excluding diaryl/α,β-unsaturated/α-hetero) is 1. The first-order valence-corrected chi connectivity index (χ1v) is 6.95. The molecular formula is C10H18O3S. The van der Waals surface area contributed by atoms with Gasteiger partial charge in [0, 0.05) is 17.6 Å². The van der Waals surface area contributed by atoms with Gasteiger partial charge < -0.3 is 0 Å². The summed E-state index contributed by atoms with van der Waals surface area (Å²) in [7, 11) is -2.89. The molecule has 0 amide bonds. The highest BCUT2D eigenvalue weighted by molar-refractivity contribution is 7.91. The molecule has 14 heavy (non-hydrogen) atoms. The Hall–Kier alpha value is -0.380. The summed E-state index contributed by atoms with van der Waals surface area (Å²) in [5.74, 6) is 0.577. The lowest BCUT2D eigenvalue weighted by molar-refractivity contribution is -0.123. The largest absolute Gasteiger partial charge is 0.299 e. The third kappa shape index (κ3) is 3.08. The maximum atomic E-state index is 11.5. The van der Waals surface area contributed by atoms with Crippen LogP contribution in [0.25, 0.3) is 0 Å². The van der Waals surface area contributed by atoms with Crippen molar-refractivity contribution in [2.24, 2.45) is 5.41 Å². The van der Waals surface area contributed by atoms with Crippen molar-refractivity contribution >= 4 is 15.6 Å². The lowest BCUT2D eigenvalue weighted by Gasteiger charge is -2.06. The highest BCUT2D eigenvalue weighted by atomic mass is 32.2. The molecule has 1 saturated carbocycles. The van der Waals surface area contributed by atoms with Crippen LogP contribution in [0.1, 0.15) is 39.5 Å². The molecule has 1 fully saturated rings. The molecule has 0 atom stereocenters. The molecule has 0 saturated heterocycles. The van der Waals surface area contributed by atoms with Gasteiger partial charge in [-0.15, -0.1) is 0 Å². The van der Waals surface area contributed by atoms with Crippen LogP contribution in [0.15, 0.2) is 0 Å². The van der Waals surface area contributed by atoms with E-state index in [1.54, 1.807) is 6.92 Å². The van der Waals surface area contributed by atoms with E-state index in [1.807, 2.05) is 6.92 Å². The molecule has 0 aromatic rings. The van der Waals surface area contributed by atoms with Crippen LogP contribution in [-0.2, 0) is 14.6 Å². The topological polar surface area (TPSA) is 51.2 Å². The van der Waals surface area contributed by atoms with Gasteiger partial charge in [0.1, 0.15) is 15.6 Å². The van der Waals surface area contributed by atoms with E-state index >= 15 is 0 Å². The molecule has 0 radical (unpaired) electrons. The average molecular weight is 218 g/mol. The number of hydrogen-bond donors (Lipinski definition) is 0. The van der Waals surface area contributed by atoms with Crippen molar-refractivity contribution in [2.45, 2.75) is 39.5 Å². The number of hydrogen-bond acceptors (Lipinski definition) is 3. The Kier molecular flexibility index (Phi) is 3.35. The van der Waals surface area contributed by atoms with Crippen LogP contribution in [0.3, 0.4) is 0 Å². The molecule has 0 heterocycles. The standard InChI is InChI=1S/C10H18O3S/c1-3-14(12,13)8-4-5-9(11)10(2)6-7-10/h3-8H2,1-2H3. The zero-order valence-corrected chi connectivity index (χ0v) is 9.69. The summed E-state index contributed by atoms with van der Waals surface area (Å²) in [5.41, 5.74) is -0.101. The van der Waals surface area contributed by atoms with Crippen molar-refractivity contribution in [3.05, 3.63) is 0 Å². The summed E-state index contributed by atoms with van der Waals surface area (Å²) in [4.78, 5) is 11.5. The molecule has 0 N–H and O–H groups in total.